The van der Waals surface area contributed by atoms with E-state index in [4.69, 9.17) is 20.8 Å². The largest absolute Gasteiger partial charge is 0.497 e. The molecule has 2 aromatic carbocycles. The van der Waals surface area contributed by atoms with Crippen molar-refractivity contribution in [1.29, 1.82) is 0 Å². The molecule has 0 atom stereocenters. The summed E-state index contributed by atoms with van der Waals surface area (Å²) in [6.45, 7) is 1.91. The molecule has 1 heterocycles. The minimum absolute atomic E-state index is 0.354. The van der Waals surface area contributed by atoms with E-state index in [1.165, 1.54) is 0 Å². The Hall–Kier alpha value is -2.26. The van der Waals surface area contributed by atoms with Gasteiger partial charge in [-0.15, -0.1) is 0 Å². The van der Waals surface area contributed by atoms with Crippen LogP contribution in [0.4, 0.5) is 0 Å². The highest BCUT2D eigenvalue weighted by atomic mass is 35.5. The number of hydrogen-bond donors (Lipinski definition) is 0. The van der Waals surface area contributed by atoms with Gasteiger partial charge in [0, 0.05) is 10.4 Å². The molecule has 21 heavy (non-hydrogen) atoms. The smallest absolute Gasteiger partial charge is 0.344 e. The zero-order chi connectivity index (χ0) is 15.0. The lowest BCUT2D eigenvalue weighted by Crippen LogP contribution is -2.06. The van der Waals surface area contributed by atoms with Gasteiger partial charge in [-0.05, 0) is 48.4 Å². The van der Waals surface area contributed by atoms with Crippen LogP contribution in [-0.2, 0) is 0 Å². The molecular formula is C17H13ClO3. The molecule has 0 spiro atoms. The zero-order valence-corrected chi connectivity index (χ0v) is 12.4. The fourth-order valence-electron chi connectivity index (χ4n) is 2.41. The van der Waals surface area contributed by atoms with E-state index >= 15 is 0 Å². The first-order chi connectivity index (χ1) is 10.1. The summed E-state index contributed by atoms with van der Waals surface area (Å²) in [5.41, 5.74) is 2.40. The summed E-state index contributed by atoms with van der Waals surface area (Å²) in [4.78, 5) is 12.3. The molecule has 0 fully saturated rings. The van der Waals surface area contributed by atoms with Crippen molar-refractivity contribution in [2.75, 3.05) is 7.11 Å². The number of aryl methyl sites for hydroxylation is 1. The summed E-state index contributed by atoms with van der Waals surface area (Å²) in [7, 11) is 1.61. The second-order valence-electron chi connectivity index (χ2n) is 4.76. The summed E-state index contributed by atoms with van der Waals surface area (Å²) < 4.78 is 10.6. The average molecular weight is 301 g/mol. The standard InChI is InChI=1S/C17H13ClO3/c1-10-14-9-13(20-2)7-8-15(14)21-17(19)16(10)11-3-5-12(18)6-4-11/h3-9H,1-2H3. The van der Waals surface area contributed by atoms with Gasteiger partial charge in [-0.1, -0.05) is 23.7 Å². The van der Waals surface area contributed by atoms with Gasteiger partial charge < -0.3 is 9.15 Å². The second kappa shape index (κ2) is 5.26. The van der Waals surface area contributed by atoms with Crippen molar-refractivity contribution in [3.05, 3.63) is 63.5 Å². The maximum atomic E-state index is 12.3. The average Bonchev–Trinajstić information content (AvgIpc) is 2.49. The molecule has 106 valence electrons. The summed E-state index contributed by atoms with van der Waals surface area (Å²) in [5, 5.41) is 1.49. The second-order valence-corrected chi connectivity index (χ2v) is 5.19. The van der Waals surface area contributed by atoms with Crippen LogP contribution >= 0.6 is 11.6 Å². The number of rotatable bonds is 2. The molecule has 0 aliphatic heterocycles. The van der Waals surface area contributed by atoms with Crippen LogP contribution < -0.4 is 10.4 Å². The lowest BCUT2D eigenvalue weighted by atomic mass is 9.99. The van der Waals surface area contributed by atoms with Gasteiger partial charge in [0.25, 0.3) is 0 Å². The van der Waals surface area contributed by atoms with Gasteiger partial charge in [0.05, 0.1) is 12.7 Å². The van der Waals surface area contributed by atoms with E-state index in [-0.39, 0.29) is 5.63 Å². The zero-order valence-electron chi connectivity index (χ0n) is 11.6. The van der Waals surface area contributed by atoms with Crippen molar-refractivity contribution in [3.63, 3.8) is 0 Å². The van der Waals surface area contributed by atoms with Crippen molar-refractivity contribution in [1.82, 2.24) is 0 Å². The summed E-state index contributed by atoms with van der Waals surface area (Å²) >= 11 is 5.90. The molecule has 0 radical (unpaired) electrons. The number of fused-ring (bicyclic) bond motifs is 1. The summed E-state index contributed by atoms with van der Waals surface area (Å²) in [6.07, 6.45) is 0. The van der Waals surface area contributed by atoms with E-state index in [0.29, 0.717) is 16.2 Å². The third-order valence-corrected chi connectivity index (χ3v) is 3.76. The quantitative estimate of drug-likeness (QED) is 0.657. The van der Waals surface area contributed by atoms with Gasteiger partial charge in [0.1, 0.15) is 11.3 Å². The minimum Gasteiger partial charge on any atom is -0.497 e. The number of ether oxygens (including phenoxy) is 1. The molecule has 0 N–H and O–H groups in total. The third kappa shape index (κ3) is 2.41. The molecule has 0 aliphatic carbocycles. The highest BCUT2D eigenvalue weighted by Gasteiger charge is 2.13. The van der Waals surface area contributed by atoms with Gasteiger partial charge >= 0.3 is 5.63 Å². The van der Waals surface area contributed by atoms with Crippen molar-refractivity contribution >= 4 is 22.6 Å². The normalized spacial score (nSPS) is 10.8. The Morgan fingerprint density at radius 2 is 1.81 bits per heavy atom. The highest BCUT2D eigenvalue weighted by Crippen LogP contribution is 2.29. The van der Waals surface area contributed by atoms with E-state index in [1.807, 2.05) is 25.1 Å². The Labute approximate surface area is 126 Å². The first kappa shape index (κ1) is 13.7. The first-order valence-electron chi connectivity index (χ1n) is 6.47. The molecular weight excluding hydrogens is 288 g/mol. The number of benzene rings is 2. The molecule has 0 amide bonds. The van der Waals surface area contributed by atoms with Crippen molar-refractivity contribution in [3.8, 4) is 16.9 Å². The molecule has 3 nitrogen and oxygen atoms in total. The molecule has 0 saturated carbocycles. The molecule has 0 aliphatic rings. The molecule has 4 heteroatoms. The summed E-state index contributed by atoms with van der Waals surface area (Å²) in [6, 6.07) is 12.5. The molecule has 0 unspecified atom stereocenters. The predicted octanol–water partition coefficient (Wildman–Crippen LogP) is 4.43. The van der Waals surface area contributed by atoms with Crippen LogP contribution in [0.15, 0.2) is 51.7 Å². The lowest BCUT2D eigenvalue weighted by molar-refractivity contribution is 0.415. The lowest BCUT2D eigenvalue weighted by Gasteiger charge is -2.09. The van der Waals surface area contributed by atoms with Gasteiger partial charge in [-0.3, -0.25) is 0 Å². The van der Waals surface area contributed by atoms with Crippen molar-refractivity contribution < 1.29 is 9.15 Å². The van der Waals surface area contributed by atoms with Gasteiger partial charge in [-0.2, -0.15) is 0 Å². The number of hydrogen-bond acceptors (Lipinski definition) is 3. The fraction of sp³-hybridized carbons (Fsp3) is 0.118. The van der Waals surface area contributed by atoms with Crippen molar-refractivity contribution in [2.45, 2.75) is 6.92 Å². The maximum Gasteiger partial charge on any atom is 0.344 e. The van der Waals surface area contributed by atoms with E-state index < -0.39 is 0 Å². The predicted molar refractivity (Wildman–Crippen MR) is 84.2 cm³/mol. The van der Waals surface area contributed by atoms with E-state index in [1.54, 1.807) is 31.4 Å². The Balaban J connectivity index is 2.32. The topological polar surface area (TPSA) is 39.4 Å². The Morgan fingerprint density at radius 3 is 2.48 bits per heavy atom. The van der Waals surface area contributed by atoms with Gasteiger partial charge in [0.15, 0.2) is 0 Å². The molecule has 0 bridgehead atoms. The van der Waals surface area contributed by atoms with E-state index in [9.17, 15) is 4.79 Å². The van der Waals surface area contributed by atoms with Crippen LogP contribution in [0.5, 0.6) is 5.75 Å². The monoisotopic (exact) mass is 300 g/mol. The van der Waals surface area contributed by atoms with Gasteiger partial charge in [-0.25, -0.2) is 4.79 Å². The van der Waals surface area contributed by atoms with Gasteiger partial charge in [0.2, 0.25) is 0 Å². The molecule has 0 saturated heterocycles. The summed E-state index contributed by atoms with van der Waals surface area (Å²) in [5.74, 6) is 0.724. The van der Waals surface area contributed by atoms with Crippen LogP contribution in [-0.4, -0.2) is 7.11 Å². The highest BCUT2D eigenvalue weighted by molar-refractivity contribution is 6.30. The van der Waals surface area contributed by atoms with Crippen LogP contribution in [0.1, 0.15) is 5.56 Å². The molecule has 3 rings (SSSR count). The first-order valence-corrected chi connectivity index (χ1v) is 6.85. The van der Waals surface area contributed by atoms with Crippen LogP contribution in [0.25, 0.3) is 22.1 Å². The Morgan fingerprint density at radius 1 is 1.10 bits per heavy atom. The third-order valence-electron chi connectivity index (χ3n) is 3.51. The van der Waals surface area contributed by atoms with Crippen LogP contribution in [0, 0.1) is 6.92 Å². The van der Waals surface area contributed by atoms with Crippen LogP contribution in [0.2, 0.25) is 5.02 Å². The number of halogens is 1. The Kier molecular flexibility index (Phi) is 3.43. The fourth-order valence-corrected chi connectivity index (χ4v) is 2.53. The maximum absolute atomic E-state index is 12.3. The van der Waals surface area contributed by atoms with E-state index in [0.717, 1.165) is 22.3 Å². The molecule has 3 aromatic rings. The SMILES string of the molecule is COc1ccc2oc(=O)c(-c3ccc(Cl)cc3)c(C)c2c1. The molecule has 1 aromatic heterocycles. The van der Waals surface area contributed by atoms with Crippen LogP contribution in [0.3, 0.4) is 0 Å². The Bertz CT molecular complexity index is 864. The van der Waals surface area contributed by atoms with E-state index in [2.05, 4.69) is 0 Å². The minimum atomic E-state index is -0.354. The number of methoxy groups -OCH3 is 1. The van der Waals surface area contributed by atoms with Crippen molar-refractivity contribution in [2.24, 2.45) is 0 Å².